The van der Waals surface area contributed by atoms with Crippen molar-refractivity contribution >= 4 is 5.97 Å². The molecule has 2 aliphatic heterocycles. The summed E-state index contributed by atoms with van der Waals surface area (Å²) in [5.74, 6) is 0.671. The molecule has 39 heavy (non-hydrogen) atoms. The molecule has 0 spiro atoms. The standard InChI is InChI=1S/C31H32O8/c1-4-18-34-27-26-25(19-35-30(39-26)22-8-6-5-7-9-22)37-31(36-24-16-14-23(33-3)15-17-24)28(27)38-29(32)21-12-10-20(2)11-13-21/h4-17,25-28,30-31H,1,18-19H2,2-3H3/t25-,26+,27+,28-,30+,31-/m1/s1. The first-order chi connectivity index (χ1) is 19.1. The molecule has 0 radical (unpaired) electrons. The van der Waals surface area contributed by atoms with Gasteiger partial charge in [-0.25, -0.2) is 4.79 Å². The van der Waals surface area contributed by atoms with E-state index in [-0.39, 0.29) is 13.2 Å². The van der Waals surface area contributed by atoms with E-state index in [4.69, 9.17) is 33.2 Å². The summed E-state index contributed by atoms with van der Waals surface area (Å²) >= 11 is 0. The van der Waals surface area contributed by atoms with Gasteiger partial charge >= 0.3 is 5.97 Å². The Morgan fingerprint density at radius 1 is 0.949 bits per heavy atom. The molecule has 0 bridgehead atoms. The minimum atomic E-state index is -0.996. The van der Waals surface area contributed by atoms with Crippen molar-refractivity contribution in [3.8, 4) is 11.5 Å². The molecule has 2 aliphatic rings. The number of aryl methyl sites for hydroxylation is 1. The van der Waals surface area contributed by atoms with Gasteiger partial charge in [-0.15, -0.1) is 6.58 Å². The maximum absolute atomic E-state index is 13.3. The van der Waals surface area contributed by atoms with Crippen LogP contribution in [0.1, 0.15) is 27.8 Å². The quantitative estimate of drug-likeness (QED) is 0.281. The van der Waals surface area contributed by atoms with E-state index in [2.05, 4.69) is 6.58 Å². The molecule has 8 heteroatoms. The predicted molar refractivity (Wildman–Crippen MR) is 143 cm³/mol. The predicted octanol–water partition coefficient (Wildman–Crippen LogP) is 5.02. The number of methoxy groups -OCH3 is 1. The summed E-state index contributed by atoms with van der Waals surface area (Å²) in [4.78, 5) is 13.3. The van der Waals surface area contributed by atoms with Gasteiger partial charge in [0.25, 0.3) is 0 Å². The van der Waals surface area contributed by atoms with Crippen molar-refractivity contribution in [2.45, 2.75) is 43.9 Å². The van der Waals surface area contributed by atoms with Crippen LogP contribution in [0.3, 0.4) is 0 Å². The molecule has 0 aromatic heterocycles. The maximum Gasteiger partial charge on any atom is 0.338 e. The van der Waals surface area contributed by atoms with Crippen molar-refractivity contribution in [2.75, 3.05) is 20.3 Å². The fourth-order valence-corrected chi connectivity index (χ4v) is 4.58. The highest BCUT2D eigenvalue weighted by molar-refractivity contribution is 5.89. The number of fused-ring (bicyclic) bond motifs is 1. The molecule has 3 aromatic rings. The average Bonchev–Trinajstić information content (AvgIpc) is 2.98. The number of hydrogen-bond acceptors (Lipinski definition) is 8. The largest absolute Gasteiger partial charge is 0.497 e. The zero-order valence-corrected chi connectivity index (χ0v) is 21.9. The summed E-state index contributed by atoms with van der Waals surface area (Å²) in [7, 11) is 1.59. The van der Waals surface area contributed by atoms with Gasteiger partial charge in [-0.2, -0.15) is 0 Å². The Balaban J connectivity index is 1.45. The van der Waals surface area contributed by atoms with E-state index in [1.807, 2.05) is 49.4 Å². The lowest BCUT2D eigenvalue weighted by molar-refractivity contribution is -0.353. The van der Waals surface area contributed by atoms with Gasteiger partial charge < -0.3 is 33.2 Å². The number of hydrogen-bond donors (Lipinski definition) is 0. The highest BCUT2D eigenvalue weighted by Gasteiger charge is 2.53. The Labute approximate surface area is 228 Å². The van der Waals surface area contributed by atoms with Crippen molar-refractivity contribution in [3.05, 3.63) is 108 Å². The molecular weight excluding hydrogens is 500 g/mol. The van der Waals surface area contributed by atoms with Crippen molar-refractivity contribution in [1.29, 1.82) is 0 Å². The fourth-order valence-electron chi connectivity index (χ4n) is 4.58. The minimum absolute atomic E-state index is 0.210. The van der Waals surface area contributed by atoms with E-state index in [1.54, 1.807) is 49.6 Å². The molecule has 8 nitrogen and oxygen atoms in total. The molecule has 5 rings (SSSR count). The SMILES string of the molecule is C=CCO[C@H]1[C@H]2O[C@@H](c3ccccc3)OC[C@H]2O[C@@H](Oc2ccc(OC)cc2)[C@@H]1OC(=O)c1ccc(C)cc1. The Kier molecular flexibility index (Phi) is 8.58. The van der Waals surface area contributed by atoms with E-state index in [0.717, 1.165) is 11.1 Å². The van der Waals surface area contributed by atoms with Crippen LogP contribution in [0.15, 0.2) is 91.5 Å². The number of carbonyl (C=O) groups excluding carboxylic acids is 1. The van der Waals surface area contributed by atoms with Gasteiger partial charge in [0.15, 0.2) is 12.4 Å². The van der Waals surface area contributed by atoms with E-state index >= 15 is 0 Å². The molecule has 0 N–H and O–H groups in total. The van der Waals surface area contributed by atoms with Gasteiger partial charge in [-0.1, -0.05) is 54.1 Å². The summed E-state index contributed by atoms with van der Waals surface area (Å²) in [5.41, 5.74) is 2.30. The monoisotopic (exact) mass is 532 g/mol. The third-order valence-corrected chi connectivity index (χ3v) is 6.60. The smallest absolute Gasteiger partial charge is 0.338 e. The minimum Gasteiger partial charge on any atom is -0.497 e. The molecule has 3 aromatic carbocycles. The number of esters is 1. The van der Waals surface area contributed by atoms with Gasteiger partial charge in [-0.3, -0.25) is 0 Å². The number of rotatable bonds is 9. The summed E-state index contributed by atoms with van der Waals surface area (Å²) < 4.78 is 42.4. The molecule has 204 valence electrons. The lowest BCUT2D eigenvalue weighted by atomic mass is 9.97. The van der Waals surface area contributed by atoms with Crippen LogP contribution in [-0.2, 0) is 23.7 Å². The topological polar surface area (TPSA) is 81.7 Å². The van der Waals surface area contributed by atoms with Crippen LogP contribution in [-0.4, -0.2) is 57.0 Å². The lowest BCUT2D eigenvalue weighted by Gasteiger charge is -2.48. The third-order valence-electron chi connectivity index (χ3n) is 6.60. The third kappa shape index (κ3) is 6.32. The summed E-state index contributed by atoms with van der Waals surface area (Å²) in [6.07, 6.45) is -2.81. The van der Waals surface area contributed by atoms with Crippen molar-refractivity contribution < 1.29 is 38.0 Å². The first kappa shape index (κ1) is 26.9. The second-order valence-electron chi connectivity index (χ2n) is 9.34. The second-order valence-corrected chi connectivity index (χ2v) is 9.34. The van der Waals surface area contributed by atoms with Crippen LogP contribution in [0, 0.1) is 6.92 Å². The number of carbonyl (C=O) groups is 1. The van der Waals surface area contributed by atoms with Gasteiger partial charge in [0, 0.05) is 5.56 Å². The summed E-state index contributed by atoms with van der Waals surface area (Å²) in [6, 6.07) is 23.8. The molecule has 2 fully saturated rings. The summed E-state index contributed by atoms with van der Waals surface area (Å²) in [5, 5.41) is 0. The molecule has 6 atom stereocenters. The van der Waals surface area contributed by atoms with Gasteiger partial charge in [0.1, 0.15) is 29.8 Å². The average molecular weight is 533 g/mol. The van der Waals surface area contributed by atoms with Crippen LogP contribution >= 0.6 is 0 Å². The molecule has 0 unspecified atom stereocenters. The van der Waals surface area contributed by atoms with E-state index in [1.165, 1.54) is 0 Å². The van der Waals surface area contributed by atoms with Crippen LogP contribution in [0.4, 0.5) is 0 Å². The van der Waals surface area contributed by atoms with Crippen molar-refractivity contribution in [3.63, 3.8) is 0 Å². The maximum atomic E-state index is 13.3. The van der Waals surface area contributed by atoms with Gasteiger partial charge in [-0.05, 0) is 43.3 Å². The molecule has 0 saturated carbocycles. The van der Waals surface area contributed by atoms with E-state index in [9.17, 15) is 4.79 Å². The number of ether oxygens (including phenoxy) is 7. The Bertz CT molecular complexity index is 1230. The highest BCUT2D eigenvalue weighted by atomic mass is 16.8. The van der Waals surface area contributed by atoms with Crippen LogP contribution in [0.5, 0.6) is 11.5 Å². The molecule has 2 heterocycles. The van der Waals surface area contributed by atoms with Crippen LogP contribution in [0.2, 0.25) is 0 Å². The summed E-state index contributed by atoms with van der Waals surface area (Å²) in [6.45, 7) is 6.18. The first-order valence-electron chi connectivity index (χ1n) is 12.8. The molecule has 2 saturated heterocycles. The van der Waals surface area contributed by atoms with Gasteiger partial charge in [0.2, 0.25) is 6.29 Å². The lowest BCUT2D eigenvalue weighted by Crippen LogP contribution is -2.64. The van der Waals surface area contributed by atoms with E-state index in [0.29, 0.717) is 17.1 Å². The zero-order valence-electron chi connectivity index (χ0n) is 21.9. The van der Waals surface area contributed by atoms with Crippen LogP contribution in [0.25, 0.3) is 0 Å². The molecular formula is C31H32O8. The Morgan fingerprint density at radius 3 is 2.36 bits per heavy atom. The second kappa shape index (κ2) is 12.4. The van der Waals surface area contributed by atoms with E-state index < -0.39 is 43.0 Å². The first-order valence-corrected chi connectivity index (χ1v) is 12.8. The normalized spacial score (nSPS) is 26.2. The Hall–Kier alpha value is -3.69. The number of benzene rings is 3. The highest BCUT2D eigenvalue weighted by Crippen LogP contribution is 2.37. The Morgan fingerprint density at radius 2 is 1.67 bits per heavy atom. The molecule has 0 amide bonds. The van der Waals surface area contributed by atoms with Crippen molar-refractivity contribution in [2.24, 2.45) is 0 Å². The van der Waals surface area contributed by atoms with Crippen LogP contribution < -0.4 is 9.47 Å². The molecule has 0 aliphatic carbocycles. The van der Waals surface area contributed by atoms with Gasteiger partial charge in [0.05, 0.1) is 25.9 Å². The zero-order chi connectivity index (χ0) is 27.2. The fraction of sp³-hybridized carbons (Fsp3) is 0.323. The van der Waals surface area contributed by atoms with Crippen molar-refractivity contribution in [1.82, 2.24) is 0 Å².